The van der Waals surface area contributed by atoms with Crippen LogP contribution in [-0.4, -0.2) is 10.2 Å². The molecule has 0 bridgehead atoms. The lowest BCUT2D eigenvalue weighted by Crippen LogP contribution is -1.90. The fraction of sp³-hybridized carbons (Fsp3) is 0.500. The second kappa shape index (κ2) is 5.65. The highest BCUT2D eigenvalue weighted by Crippen LogP contribution is 2.01. The van der Waals surface area contributed by atoms with Crippen molar-refractivity contribution < 1.29 is 14.9 Å². The molecule has 0 aliphatic heterocycles. The summed E-state index contributed by atoms with van der Waals surface area (Å²) >= 11 is 0. The molecule has 0 saturated heterocycles. The van der Waals surface area contributed by atoms with Crippen molar-refractivity contribution in [2.24, 2.45) is 0 Å². The zero-order valence-electron chi connectivity index (χ0n) is 6.87. The molecule has 0 fully saturated rings. The van der Waals surface area contributed by atoms with E-state index in [9.17, 15) is 0 Å². The lowest BCUT2D eigenvalue weighted by Gasteiger charge is -2.00. The second-order valence-electron chi connectivity index (χ2n) is 2.00. The van der Waals surface area contributed by atoms with E-state index in [0.29, 0.717) is 12.8 Å². The Hall–Kier alpha value is -1.12. The van der Waals surface area contributed by atoms with Gasteiger partial charge in [-0.25, -0.2) is 0 Å². The molecule has 0 unspecified atom stereocenters. The van der Waals surface area contributed by atoms with Crippen LogP contribution in [0, 0.1) is 0 Å². The molecular weight excluding hydrogens is 144 g/mol. The zero-order valence-corrected chi connectivity index (χ0v) is 6.87. The molecule has 0 amide bonds. The molecule has 0 aromatic heterocycles. The maximum atomic E-state index is 8.88. The number of hydrogen-bond donors (Lipinski definition) is 2. The second-order valence-corrected chi connectivity index (χ2v) is 2.00. The zero-order chi connectivity index (χ0) is 8.69. The van der Waals surface area contributed by atoms with Crippen molar-refractivity contribution >= 4 is 0 Å². The lowest BCUT2D eigenvalue weighted by molar-refractivity contribution is 0.0664. The maximum absolute atomic E-state index is 8.88. The molecule has 64 valence electrons. The van der Waals surface area contributed by atoms with Crippen LogP contribution in [0.15, 0.2) is 24.0 Å². The van der Waals surface area contributed by atoms with E-state index < -0.39 is 0 Å². The third kappa shape index (κ3) is 5.33. The van der Waals surface area contributed by atoms with E-state index in [2.05, 4.69) is 4.74 Å². The minimum Gasteiger partial charge on any atom is -0.481 e. The topological polar surface area (TPSA) is 49.7 Å². The highest BCUT2D eigenvalue weighted by molar-refractivity contribution is 4.88. The van der Waals surface area contributed by atoms with Crippen molar-refractivity contribution in [2.45, 2.75) is 26.7 Å². The van der Waals surface area contributed by atoms with Gasteiger partial charge < -0.3 is 14.9 Å². The normalized spacial score (nSPS) is 13.3. The Morgan fingerprint density at radius 3 is 1.73 bits per heavy atom. The predicted octanol–water partition coefficient (Wildman–Crippen LogP) is 2.62. The predicted molar refractivity (Wildman–Crippen MR) is 43.1 cm³/mol. The minimum atomic E-state index is -0.255. The summed E-state index contributed by atoms with van der Waals surface area (Å²) in [6, 6.07) is 0. The van der Waals surface area contributed by atoms with Crippen molar-refractivity contribution in [1.82, 2.24) is 0 Å². The number of allylic oxidation sites excluding steroid dienone is 2. The standard InChI is InChI=1S/C8H14O3/c1-3-5-7(9)11-8(10)6-4-2/h5-6,9-10H,3-4H2,1-2H3/b7-5+,8-6+. The summed E-state index contributed by atoms with van der Waals surface area (Å²) in [5.74, 6) is -0.510. The quantitative estimate of drug-likeness (QED) is 0.618. The van der Waals surface area contributed by atoms with Gasteiger partial charge in [0, 0.05) is 0 Å². The molecule has 0 saturated carbocycles. The van der Waals surface area contributed by atoms with E-state index >= 15 is 0 Å². The molecule has 0 spiro atoms. The van der Waals surface area contributed by atoms with E-state index in [4.69, 9.17) is 10.2 Å². The molecule has 0 radical (unpaired) electrons. The van der Waals surface area contributed by atoms with Gasteiger partial charge in [-0.05, 0) is 25.0 Å². The van der Waals surface area contributed by atoms with Gasteiger partial charge in [0.25, 0.3) is 11.9 Å². The van der Waals surface area contributed by atoms with Gasteiger partial charge in [0.05, 0.1) is 0 Å². The summed E-state index contributed by atoms with van der Waals surface area (Å²) in [4.78, 5) is 0. The average Bonchev–Trinajstić information content (AvgIpc) is 1.87. The molecule has 3 nitrogen and oxygen atoms in total. The SMILES string of the molecule is CC/C=C(\O)O/C(O)=C/CC. The first kappa shape index (κ1) is 9.88. The summed E-state index contributed by atoms with van der Waals surface area (Å²) in [7, 11) is 0. The Labute approximate surface area is 66.6 Å². The third-order valence-electron chi connectivity index (χ3n) is 0.967. The van der Waals surface area contributed by atoms with Gasteiger partial charge in [0.2, 0.25) is 0 Å². The summed E-state index contributed by atoms with van der Waals surface area (Å²) in [5, 5.41) is 17.8. The van der Waals surface area contributed by atoms with Crippen molar-refractivity contribution in [2.75, 3.05) is 0 Å². The Bertz CT molecular complexity index is 141. The Morgan fingerprint density at radius 2 is 1.45 bits per heavy atom. The van der Waals surface area contributed by atoms with Crippen LogP contribution in [0.25, 0.3) is 0 Å². The molecule has 0 aromatic rings. The number of hydrogen-bond acceptors (Lipinski definition) is 3. The molecule has 0 aliphatic carbocycles. The van der Waals surface area contributed by atoms with Crippen LogP contribution in [0.2, 0.25) is 0 Å². The number of rotatable bonds is 4. The molecule has 0 aliphatic rings. The molecule has 3 heteroatoms. The Morgan fingerprint density at radius 1 is 1.09 bits per heavy atom. The van der Waals surface area contributed by atoms with Crippen molar-refractivity contribution in [3.05, 3.63) is 24.0 Å². The first-order chi connectivity index (χ1) is 5.20. The first-order valence-electron chi connectivity index (χ1n) is 3.66. The Kier molecular flexibility index (Phi) is 5.07. The average molecular weight is 158 g/mol. The number of aliphatic hydroxyl groups excluding tert-OH is 2. The van der Waals surface area contributed by atoms with E-state index in [1.165, 1.54) is 12.2 Å². The largest absolute Gasteiger partial charge is 0.481 e. The third-order valence-corrected chi connectivity index (χ3v) is 0.967. The summed E-state index contributed by atoms with van der Waals surface area (Å²) < 4.78 is 4.56. The summed E-state index contributed by atoms with van der Waals surface area (Å²) in [6.07, 6.45) is 4.29. The fourth-order valence-corrected chi connectivity index (χ4v) is 0.540. The van der Waals surface area contributed by atoms with E-state index in [1.54, 1.807) is 0 Å². The van der Waals surface area contributed by atoms with Gasteiger partial charge in [0.15, 0.2) is 0 Å². The molecule has 11 heavy (non-hydrogen) atoms. The van der Waals surface area contributed by atoms with Gasteiger partial charge in [-0.1, -0.05) is 13.8 Å². The van der Waals surface area contributed by atoms with Gasteiger partial charge >= 0.3 is 0 Å². The fourth-order valence-electron chi connectivity index (χ4n) is 0.540. The van der Waals surface area contributed by atoms with Crippen molar-refractivity contribution in [3.63, 3.8) is 0 Å². The lowest BCUT2D eigenvalue weighted by atomic mass is 10.4. The minimum absolute atomic E-state index is 0.255. The number of aliphatic hydroxyl groups is 2. The smallest absolute Gasteiger partial charge is 0.280 e. The van der Waals surface area contributed by atoms with Crippen LogP contribution in [0.5, 0.6) is 0 Å². The van der Waals surface area contributed by atoms with Gasteiger partial charge in [-0.3, -0.25) is 0 Å². The molecular formula is C8H14O3. The Balaban J connectivity index is 3.84. The van der Waals surface area contributed by atoms with Gasteiger partial charge in [-0.15, -0.1) is 0 Å². The van der Waals surface area contributed by atoms with E-state index in [1.807, 2.05) is 13.8 Å². The monoisotopic (exact) mass is 158 g/mol. The molecule has 0 aromatic carbocycles. The first-order valence-corrected chi connectivity index (χ1v) is 3.66. The molecule has 0 heterocycles. The van der Waals surface area contributed by atoms with Crippen LogP contribution >= 0.6 is 0 Å². The molecule has 0 rings (SSSR count). The van der Waals surface area contributed by atoms with Crippen molar-refractivity contribution in [3.8, 4) is 0 Å². The van der Waals surface area contributed by atoms with E-state index in [0.717, 1.165) is 0 Å². The molecule has 2 N–H and O–H groups in total. The maximum Gasteiger partial charge on any atom is 0.280 e. The highest BCUT2D eigenvalue weighted by Gasteiger charge is 1.95. The van der Waals surface area contributed by atoms with Crippen molar-refractivity contribution in [1.29, 1.82) is 0 Å². The summed E-state index contributed by atoms with van der Waals surface area (Å²) in [6.45, 7) is 3.72. The highest BCUT2D eigenvalue weighted by atomic mass is 16.7. The summed E-state index contributed by atoms with van der Waals surface area (Å²) in [5.41, 5.74) is 0. The van der Waals surface area contributed by atoms with Gasteiger partial charge in [-0.2, -0.15) is 0 Å². The van der Waals surface area contributed by atoms with Crippen LogP contribution in [0.1, 0.15) is 26.7 Å². The molecule has 0 atom stereocenters. The van der Waals surface area contributed by atoms with Crippen LogP contribution in [-0.2, 0) is 4.74 Å². The van der Waals surface area contributed by atoms with Crippen LogP contribution in [0.3, 0.4) is 0 Å². The van der Waals surface area contributed by atoms with E-state index in [-0.39, 0.29) is 11.9 Å². The van der Waals surface area contributed by atoms with Crippen LogP contribution < -0.4 is 0 Å². The van der Waals surface area contributed by atoms with Crippen LogP contribution in [0.4, 0.5) is 0 Å². The number of ether oxygens (including phenoxy) is 1. The van der Waals surface area contributed by atoms with Gasteiger partial charge in [0.1, 0.15) is 0 Å².